The second kappa shape index (κ2) is 9.78. The highest BCUT2D eigenvalue weighted by Crippen LogP contribution is 2.21. The summed E-state index contributed by atoms with van der Waals surface area (Å²) in [5, 5.41) is 5.30. The van der Waals surface area contributed by atoms with Gasteiger partial charge in [0.15, 0.2) is 0 Å². The first-order chi connectivity index (χ1) is 13.7. The molecule has 1 fully saturated rings. The van der Waals surface area contributed by atoms with Crippen LogP contribution in [-0.4, -0.2) is 38.6 Å². The number of piperidine rings is 1. The maximum Gasteiger partial charge on any atom is 0.313 e. The summed E-state index contributed by atoms with van der Waals surface area (Å²) in [4.78, 5) is 26.4. The van der Waals surface area contributed by atoms with E-state index < -0.39 is 11.8 Å². The number of nitrogens with zero attached hydrogens (tertiary/aromatic N) is 1. The van der Waals surface area contributed by atoms with Crippen LogP contribution in [0.25, 0.3) is 0 Å². The second-order valence-electron chi connectivity index (χ2n) is 6.90. The molecule has 0 unspecified atom stereocenters. The van der Waals surface area contributed by atoms with E-state index in [1.807, 2.05) is 48.5 Å². The average Bonchev–Trinajstić information content (AvgIpc) is 2.75. The molecule has 2 aromatic rings. The highest BCUT2D eigenvalue weighted by molar-refractivity contribution is 6.39. The van der Waals surface area contributed by atoms with E-state index in [4.69, 9.17) is 4.74 Å². The summed E-state index contributed by atoms with van der Waals surface area (Å²) < 4.78 is 5.12. The molecule has 1 heterocycles. The number of methoxy groups -OCH3 is 1. The van der Waals surface area contributed by atoms with E-state index in [-0.39, 0.29) is 0 Å². The third-order valence-corrected chi connectivity index (χ3v) is 4.91. The number of ether oxygens (including phenoxy) is 1. The van der Waals surface area contributed by atoms with E-state index in [0.717, 1.165) is 30.1 Å². The molecule has 2 N–H and O–H groups in total. The minimum atomic E-state index is -0.652. The van der Waals surface area contributed by atoms with Gasteiger partial charge in [-0.1, -0.05) is 12.1 Å². The van der Waals surface area contributed by atoms with Crippen LogP contribution < -0.4 is 20.3 Å². The predicted molar refractivity (Wildman–Crippen MR) is 111 cm³/mol. The van der Waals surface area contributed by atoms with Crippen molar-refractivity contribution >= 4 is 23.2 Å². The zero-order chi connectivity index (χ0) is 19.8. The maximum atomic E-state index is 12.1. The zero-order valence-electron chi connectivity index (χ0n) is 16.2. The van der Waals surface area contributed by atoms with Crippen LogP contribution in [0.4, 0.5) is 11.4 Å². The lowest BCUT2D eigenvalue weighted by atomic mass is 10.1. The molecule has 6 heteroatoms. The maximum absolute atomic E-state index is 12.1. The van der Waals surface area contributed by atoms with Gasteiger partial charge >= 0.3 is 11.8 Å². The number of carbonyl (C=O) groups excluding carboxylic acids is 2. The molecule has 1 aliphatic rings. The number of nitrogens with one attached hydrogen (secondary N) is 2. The fourth-order valence-electron chi connectivity index (χ4n) is 3.29. The van der Waals surface area contributed by atoms with Crippen molar-refractivity contribution in [1.82, 2.24) is 5.32 Å². The topological polar surface area (TPSA) is 70.7 Å². The first kappa shape index (κ1) is 19.7. The molecule has 1 aliphatic heterocycles. The third kappa shape index (κ3) is 5.49. The van der Waals surface area contributed by atoms with E-state index in [0.29, 0.717) is 18.7 Å². The zero-order valence-corrected chi connectivity index (χ0v) is 16.2. The van der Waals surface area contributed by atoms with Gasteiger partial charge in [-0.25, -0.2) is 0 Å². The van der Waals surface area contributed by atoms with Crippen LogP contribution in [0.5, 0.6) is 5.75 Å². The first-order valence-electron chi connectivity index (χ1n) is 9.73. The van der Waals surface area contributed by atoms with Gasteiger partial charge in [0, 0.05) is 31.0 Å². The molecule has 1 saturated heterocycles. The lowest BCUT2D eigenvalue weighted by molar-refractivity contribution is -0.136. The summed E-state index contributed by atoms with van der Waals surface area (Å²) in [7, 11) is 1.62. The number of hydrogen-bond acceptors (Lipinski definition) is 4. The molecule has 148 valence electrons. The minimum Gasteiger partial charge on any atom is -0.497 e. The lowest BCUT2D eigenvalue weighted by Crippen LogP contribution is -2.36. The average molecular weight is 381 g/mol. The fraction of sp³-hybridized carbons (Fsp3) is 0.364. The van der Waals surface area contributed by atoms with Crippen molar-refractivity contribution in [2.24, 2.45) is 0 Å². The van der Waals surface area contributed by atoms with Crippen molar-refractivity contribution in [2.45, 2.75) is 25.7 Å². The summed E-state index contributed by atoms with van der Waals surface area (Å²) in [6.45, 7) is 2.54. The normalized spacial score (nSPS) is 13.7. The Hall–Kier alpha value is -3.02. The number of anilines is 2. The van der Waals surface area contributed by atoms with E-state index in [2.05, 4.69) is 15.5 Å². The Bertz CT molecular complexity index is 782. The van der Waals surface area contributed by atoms with Gasteiger partial charge in [-0.2, -0.15) is 0 Å². The molecule has 0 saturated carbocycles. The standard InChI is InChI=1S/C22H27N3O3/c1-28-20-11-5-17(6-12-20)13-14-23-21(26)22(27)24-18-7-9-19(10-8-18)25-15-3-2-4-16-25/h5-12H,2-4,13-16H2,1H3,(H,23,26)(H,24,27). The quantitative estimate of drug-likeness (QED) is 0.755. The molecule has 0 aliphatic carbocycles. The molecule has 0 atom stereocenters. The summed E-state index contributed by atoms with van der Waals surface area (Å²) in [6, 6.07) is 15.3. The molecule has 0 aromatic heterocycles. The lowest BCUT2D eigenvalue weighted by Gasteiger charge is -2.28. The number of amides is 2. The minimum absolute atomic E-state index is 0.395. The predicted octanol–water partition coefficient (Wildman–Crippen LogP) is 2.98. The van der Waals surface area contributed by atoms with Crippen LogP contribution in [0.15, 0.2) is 48.5 Å². The van der Waals surface area contributed by atoms with E-state index >= 15 is 0 Å². The largest absolute Gasteiger partial charge is 0.497 e. The summed E-state index contributed by atoms with van der Waals surface area (Å²) in [5.74, 6) is -0.493. The van der Waals surface area contributed by atoms with Crippen LogP contribution in [0.1, 0.15) is 24.8 Å². The van der Waals surface area contributed by atoms with Gasteiger partial charge in [0.05, 0.1) is 7.11 Å². The van der Waals surface area contributed by atoms with Gasteiger partial charge < -0.3 is 20.3 Å². The van der Waals surface area contributed by atoms with Crippen molar-refractivity contribution < 1.29 is 14.3 Å². The summed E-state index contributed by atoms with van der Waals surface area (Å²) in [5.41, 5.74) is 2.84. The van der Waals surface area contributed by atoms with Gasteiger partial charge in [-0.15, -0.1) is 0 Å². The molecule has 0 bridgehead atoms. The summed E-state index contributed by atoms with van der Waals surface area (Å²) >= 11 is 0. The molecule has 28 heavy (non-hydrogen) atoms. The molecular weight excluding hydrogens is 354 g/mol. The second-order valence-corrected chi connectivity index (χ2v) is 6.90. The van der Waals surface area contributed by atoms with Gasteiger partial charge in [0.1, 0.15) is 5.75 Å². The van der Waals surface area contributed by atoms with Crippen molar-refractivity contribution in [3.8, 4) is 5.75 Å². The SMILES string of the molecule is COc1ccc(CCNC(=O)C(=O)Nc2ccc(N3CCCCC3)cc2)cc1. The number of benzene rings is 2. The number of carbonyl (C=O) groups is 2. The van der Waals surface area contributed by atoms with Crippen LogP contribution in [0, 0.1) is 0 Å². The molecule has 2 amide bonds. The van der Waals surface area contributed by atoms with Crippen LogP contribution in [0.3, 0.4) is 0 Å². The van der Waals surface area contributed by atoms with Gasteiger partial charge in [-0.3, -0.25) is 9.59 Å². The van der Waals surface area contributed by atoms with Crippen LogP contribution in [0.2, 0.25) is 0 Å². The molecular formula is C22H27N3O3. The highest BCUT2D eigenvalue weighted by atomic mass is 16.5. The fourth-order valence-corrected chi connectivity index (χ4v) is 3.29. The van der Waals surface area contributed by atoms with Gasteiger partial charge in [0.2, 0.25) is 0 Å². The smallest absolute Gasteiger partial charge is 0.313 e. The van der Waals surface area contributed by atoms with E-state index in [9.17, 15) is 9.59 Å². The molecule has 0 spiro atoms. The monoisotopic (exact) mass is 381 g/mol. The number of hydrogen-bond donors (Lipinski definition) is 2. The van der Waals surface area contributed by atoms with Crippen molar-refractivity contribution in [3.63, 3.8) is 0 Å². The Kier molecular flexibility index (Phi) is 6.89. The first-order valence-corrected chi connectivity index (χ1v) is 9.73. The Balaban J connectivity index is 1.43. The highest BCUT2D eigenvalue weighted by Gasteiger charge is 2.14. The molecule has 2 aromatic carbocycles. The van der Waals surface area contributed by atoms with E-state index in [1.165, 1.54) is 19.3 Å². The van der Waals surface area contributed by atoms with Crippen LogP contribution >= 0.6 is 0 Å². The van der Waals surface area contributed by atoms with Crippen molar-refractivity contribution in [1.29, 1.82) is 0 Å². The van der Waals surface area contributed by atoms with Crippen LogP contribution in [-0.2, 0) is 16.0 Å². The Labute approximate surface area is 165 Å². The number of rotatable bonds is 6. The molecule has 3 rings (SSSR count). The third-order valence-electron chi connectivity index (χ3n) is 4.91. The van der Waals surface area contributed by atoms with Crippen molar-refractivity contribution in [3.05, 3.63) is 54.1 Å². The van der Waals surface area contributed by atoms with Gasteiger partial charge in [0.25, 0.3) is 0 Å². The van der Waals surface area contributed by atoms with E-state index in [1.54, 1.807) is 7.11 Å². The molecule has 0 radical (unpaired) electrons. The Morgan fingerprint density at radius 3 is 2.25 bits per heavy atom. The van der Waals surface area contributed by atoms with Crippen molar-refractivity contribution in [2.75, 3.05) is 37.0 Å². The molecule has 6 nitrogen and oxygen atoms in total. The van der Waals surface area contributed by atoms with Gasteiger partial charge in [-0.05, 0) is 67.6 Å². The Morgan fingerprint density at radius 1 is 0.929 bits per heavy atom. The Morgan fingerprint density at radius 2 is 1.61 bits per heavy atom. The summed E-state index contributed by atoms with van der Waals surface area (Å²) in [6.07, 6.45) is 4.37.